The second-order valence-electron chi connectivity index (χ2n) is 6.19. The first-order valence-electron chi connectivity index (χ1n) is 8.07. The van der Waals surface area contributed by atoms with Crippen LogP contribution in [0.4, 0.5) is 0 Å². The van der Waals surface area contributed by atoms with Gasteiger partial charge in [-0.05, 0) is 31.5 Å². The minimum absolute atomic E-state index is 0.0927. The van der Waals surface area contributed by atoms with Crippen molar-refractivity contribution in [2.75, 3.05) is 26.2 Å². The van der Waals surface area contributed by atoms with Gasteiger partial charge in [-0.15, -0.1) is 0 Å². The van der Waals surface area contributed by atoms with Gasteiger partial charge in [0.05, 0.1) is 4.90 Å². The molecule has 0 unspecified atom stereocenters. The summed E-state index contributed by atoms with van der Waals surface area (Å²) in [5.41, 5.74) is 0.382. The average Bonchev–Trinajstić information content (AvgIpc) is 2.67. The Labute approximate surface area is 141 Å². The van der Waals surface area contributed by atoms with Gasteiger partial charge in [-0.3, -0.25) is 9.59 Å². The van der Waals surface area contributed by atoms with Crippen molar-refractivity contribution in [3.05, 3.63) is 29.8 Å². The van der Waals surface area contributed by atoms with E-state index in [9.17, 15) is 18.0 Å². The van der Waals surface area contributed by atoms with E-state index in [1.807, 2.05) is 0 Å². The maximum absolute atomic E-state index is 12.9. The highest BCUT2D eigenvalue weighted by Crippen LogP contribution is 2.22. The average molecular weight is 351 g/mol. The van der Waals surface area contributed by atoms with E-state index in [4.69, 9.17) is 0 Å². The summed E-state index contributed by atoms with van der Waals surface area (Å²) in [7, 11) is -3.76. The Bertz CT molecular complexity index is 758. The lowest BCUT2D eigenvalue weighted by atomic mass is 10.1. The highest BCUT2D eigenvalue weighted by Gasteiger charge is 2.32. The number of sulfonamides is 1. The molecule has 0 aromatic heterocycles. The zero-order valence-electron chi connectivity index (χ0n) is 13.6. The summed E-state index contributed by atoms with van der Waals surface area (Å²) in [5.74, 6) is -0.291. The molecule has 24 heavy (non-hydrogen) atoms. The van der Waals surface area contributed by atoms with Crippen LogP contribution in [0.25, 0.3) is 0 Å². The van der Waals surface area contributed by atoms with Crippen molar-refractivity contribution in [2.45, 2.75) is 30.7 Å². The Kier molecular flexibility index (Phi) is 4.60. The normalized spacial score (nSPS) is 22.5. The van der Waals surface area contributed by atoms with Gasteiger partial charge in [0.2, 0.25) is 15.9 Å². The Hall–Kier alpha value is -1.93. The number of rotatable bonds is 3. The number of nitrogens with zero attached hydrogens (tertiary/aromatic N) is 2. The van der Waals surface area contributed by atoms with Crippen molar-refractivity contribution in [1.29, 1.82) is 0 Å². The molecule has 0 aliphatic carbocycles. The van der Waals surface area contributed by atoms with E-state index in [0.717, 1.165) is 6.42 Å². The highest BCUT2D eigenvalue weighted by molar-refractivity contribution is 7.89. The van der Waals surface area contributed by atoms with Crippen LogP contribution in [0, 0.1) is 0 Å². The number of hydrogen-bond donors (Lipinski definition) is 1. The molecule has 0 bridgehead atoms. The molecule has 2 aliphatic heterocycles. The third-order valence-electron chi connectivity index (χ3n) is 4.48. The van der Waals surface area contributed by atoms with Gasteiger partial charge in [0, 0.05) is 44.2 Å². The maximum Gasteiger partial charge on any atom is 0.253 e. The first-order chi connectivity index (χ1) is 11.4. The number of benzene rings is 1. The van der Waals surface area contributed by atoms with Crippen molar-refractivity contribution in [1.82, 2.24) is 14.5 Å². The molecule has 3 rings (SSSR count). The van der Waals surface area contributed by atoms with E-state index in [0.29, 0.717) is 18.7 Å². The van der Waals surface area contributed by atoms with Gasteiger partial charge in [-0.1, -0.05) is 6.07 Å². The molecule has 2 saturated heterocycles. The van der Waals surface area contributed by atoms with Crippen LogP contribution in [0.3, 0.4) is 0 Å². The number of carbonyl (C=O) groups excluding carboxylic acids is 2. The number of amides is 2. The van der Waals surface area contributed by atoms with Crippen LogP contribution in [0.15, 0.2) is 29.2 Å². The van der Waals surface area contributed by atoms with E-state index in [1.165, 1.54) is 16.4 Å². The smallest absolute Gasteiger partial charge is 0.253 e. The lowest BCUT2D eigenvalue weighted by Gasteiger charge is -2.31. The fourth-order valence-electron chi connectivity index (χ4n) is 2.87. The molecule has 1 aromatic rings. The SMILES string of the molecule is C[C@@H]1CNC(=O)CCN1S(=O)(=O)c1cccc(C(=O)N2CCC2)c1. The lowest BCUT2D eigenvalue weighted by Crippen LogP contribution is -2.42. The Morgan fingerprint density at radius 3 is 2.67 bits per heavy atom. The van der Waals surface area contributed by atoms with Gasteiger partial charge in [-0.2, -0.15) is 4.31 Å². The molecule has 0 spiro atoms. The molecule has 2 heterocycles. The Morgan fingerprint density at radius 1 is 1.25 bits per heavy atom. The van der Waals surface area contributed by atoms with E-state index in [2.05, 4.69) is 5.32 Å². The van der Waals surface area contributed by atoms with Crippen molar-refractivity contribution in [3.63, 3.8) is 0 Å². The molecule has 2 fully saturated rings. The van der Waals surface area contributed by atoms with Crippen molar-refractivity contribution in [2.24, 2.45) is 0 Å². The van der Waals surface area contributed by atoms with Gasteiger partial charge in [0.15, 0.2) is 0 Å². The summed E-state index contributed by atoms with van der Waals surface area (Å²) in [6.45, 7) is 3.61. The summed E-state index contributed by atoms with van der Waals surface area (Å²) in [4.78, 5) is 25.6. The molecule has 2 amide bonds. The highest BCUT2D eigenvalue weighted by atomic mass is 32.2. The second kappa shape index (κ2) is 6.52. The Morgan fingerprint density at radius 2 is 2.00 bits per heavy atom. The van der Waals surface area contributed by atoms with Crippen LogP contribution in [0.5, 0.6) is 0 Å². The van der Waals surface area contributed by atoms with Crippen LogP contribution < -0.4 is 5.32 Å². The zero-order valence-corrected chi connectivity index (χ0v) is 14.4. The molecule has 130 valence electrons. The fourth-order valence-corrected chi connectivity index (χ4v) is 4.55. The fraction of sp³-hybridized carbons (Fsp3) is 0.500. The molecule has 0 saturated carbocycles. The van der Waals surface area contributed by atoms with E-state index in [-0.39, 0.29) is 42.3 Å². The van der Waals surface area contributed by atoms with Crippen LogP contribution in [-0.2, 0) is 14.8 Å². The van der Waals surface area contributed by atoms with Gasteiger partial charge >= 0.3 is 0 Å². The topological polar surface area (TPSA) is 86.8 Å². The standard InChI is InChI=1S/C16H21N3O4S/c1-12-11-17-15(20)6-9-19(12)24(22,23)14-5-2-4-13(10-14)16(21)18-7-3-8-18/h2,4-5,10,12H,3,6-9,11H2,1H3,(H,17,20)/t12-/m1/s1. The second-order valence-corrected chi connectivity index (χ2v) is 8.08. The number of carbonyl (C=O) groups is 2. The minimum Gasteiger partial charge on any atom is -0.354 e. The van der Waals surface area contributed by atoms with Crippen molar-refractivity contribution >= 4 is 21.8 Å². The number of hydrogen-bond acceptors (Lipinski definition) is 4. The van der Waals surface area contributed by atoms with E-state index < -0.39 is 10.0 Å². The van der Waals surface area contributed by atoms with Crippen LogP contribution in [0.2, 0.25) is 0 Å². The van der Waals surface area contributed by atoms with E-state index in [1.54, 1.807) is 24.0 Å². The van der Waals surface area contributed by atoms with Gasteiger partial charge in [-0.25, -0.2) is 8.42 Å². The monoisotopic (exact) mass is 351 g/mol. The third kappa shape index (κ3) is 3.16. The van der Waals surface area contributed by atoms with Crippen molar-refractivity contribution < 1.29 is 18.0 Å². The molecular formula is C16H21N3O4S. The van der Waals surface area contributed by atoms with Crippen molar-refractivity contribution in [3.8, 4) is 0 Å². The summed E-state index contributed by atoms with van der Waals surface area (Å²) < 4.78 is 27.2. The van der Waals surface area contributed by atoms with E-state index >= 15 is 0 Å². The van der Waals surface area contributed by atoms with Gasteiger partial charge in [0.25, 0.3) is 5.91 Å². The third-order valence-corrected chi connectivity index (χ3v) is 6.49. The molecule has 8 heteroatoms. The molecule has 1 aromatic carbocycles. The molecule has 2 aliphatic rings. The van der Waals surface area contributed by atoms with Crippen LogP contribution >= 0.6 is 0 Å². The molecule has 0 radical (unpaired) electrons. The number of likely N-dealkylation sites (tertiary alicyclic amines) is 1. The minimum atomic E-state index is -3.76. The summed E-state index contributed by atoms with van der Waals surface area (Å²) in [6, 6.07) is 5.82. The predicted molar refractivity (Wildman–Crippen MR) is 87.9 cm³/mol. The zero-order chi connectivity index (χ0) is 17.3. The Balaban J connectivity index is 1.88. The lowest BCUT2D eigenvalue weighted by molar-refractivity contribution is -0.120. The van der Waals surface area contributed by atoms with Crippen LogP contribution in [0.1, 0.15) is 30.1 Å². The molecular weight excluding hydrogens is 330 g/mol. The summed E-state index contributed by atoms with van der Waals surface area (Å²) in [5, 5.41) is 2.70. The predicted octanol–water partition coefficient (Wildman–Crippen LogP) is 0.432. The first-order valence-corrected chi connectivity index (χ1v) is 9.51. The quantitative estimate of drug-likeness (QED) is 0.856. The molecule has 1 N–H and O–H groups in total. The molecule has 1 atom stereocenters. The summed E-state index contributed by atoms with van der Waals surface area (Å²) >= 11 is 0. The number of nitrogens with one attached hydrogen (secondary N) is 1. The van der Waals surface area contributed by atoms with Gasteiger partial charge in [0.1, 0.15) is 0 Å². The molecule has 7 nitrogen and oxygen atoms in total. The van der Waals surface area contributed by atoms with Crippen LogP contribution in [-0.4, -0.2) is 61.7 Å². The first kappa shape index (κ1) is 16.9. The maximum atomic E-state index is 12.9. The van der Waals surface area contributed by atoms with Gasteiger partial charge < -0.3 is 10.2 Å². The summed E-state index contributed by atoms with van der Waals surface area (Å²) in [6.07, 6.45) is 1.12. The largest absolute Gasteiger partial charge is 0.354 e.